The maximum absolute atomic E-state index is 8.86. The van der Waals surface area contributed by atoms with Crippen LogP contribution in [0.15, 0.2) is 0 Å². The SMILES string of the molecule is CC[C@@H](CCO)CCCN(CC)CC. The molecule has 0 saturated carbocycles. The molecule has 2 heteroatoms. The third-order valence-electron chi connectivity index (χ3n) is 3.10. The summed E-state index contributed by atoms with van der Waals surface area (Å²) in [5, 5.41) is 8.86. The van der Waals surface area contributed by atoms with Gasteiger partial charge in [-0.1, -0.05) is 27.2 Å². The molecular weight excluding hydrogens is 174 g/mol. The van der Waals surface area contributed by atoms with E-state index in [1.807, 2.05) is 0 Å². The molecule has 14 heavy (non-hydrogen) atoms. The number of hydrogen-bond donors (Lipinski definition) is 1. The van der Waals surface area contributed by atoms with Crippen LogP contribution in [0.1, 0.15) is 46.5 Å². The Balaban J connectivity index is 3.48. The summed E-state index contributed by atoms with van der Waals surface area (Å²) in [7, 11) is 0. The second-order valence-electron chi connectivity index (χ2n) is 3.96. The fourth-order valence-electron chi connectivity index (χ4n) is 1.88. The van der Waals surface area contributed by atoms with E-state index in [-0.39, 0.29) is 0 Å². The van der Waals surface area contributed by atoms with Crippen LogP contribution in [0.2, 0.25) is 0 Å². The van der Waals surface area contributed by atoms with Crippen LogP contribution in [0.5, 0.6) is 0 Å². The first-order chi connectivity index (χ1) is 6.78. The van der Waals surface area contributed by atoms with Gasteiger partial charge in [0, 0.05) is 6.61 Å². The van der Waals surface area contributed by atoms with E-state index in [0.717, 1.165) is 25.4 Å². The smallest absolute Gasteiger partial charge is 0.0433 e. The van der Waals surface area contributed by atoms with Crippen molar-refractivity contribution in [2.24, 2.45) is 5.92 Å². The monoisotopic (exact) mass is 201 g/mol. The minimum absolute atomic E-state index is 0.351. The van der Waals surface area contributed by atoms with Gasteiger partial charge in [0.05, 0.1) is 0 Å². The van der Waals surface area contributed by atoms with Crippen molar-refractivity contribution in [2.75, 3.05) is 26.2 Å². The van der Waals surface area contributed by atoms with Crippen LogP contribution in [0.25, 0.3) is 0 Å². The normalized spacial score (nSPS) is 13.5. The zero-order valence-electron chi connectivity index (χ0n) is 10.1. The lowest BCUT2D eigenvalue weighted by Gasteiger charge is -2.19. The molecule has 86 valence electrons. The number of nitrogens with zero attached hydrogens (tertiary/aromatic N) is 1. The standard InChI is InChI=1S/C12H27NO/c1-4-12(9-11-14)8-7-10-13(5-2)6-3/h12,14H,4-11H2,1-3H3/t12-/m1/s1. The van der Waals surface area contributed by atoms with Gasteiger partial charge < -0.3 is 10.0 Å². The molecule has 0 aliphatic carbocycles. The highest BCUT2D eigenvalue weighted by Gasteiger charge is 2.06. The van der Waals surface area contributed by atoms with Gasteiger partial charge in [-0.3, -0.25) is 0 Å². The highest BCUT2D eigenvalue weighted by atomic mass is 16.3. The summed E-state index contributed by atoms with van der Waals surface area (Å²) >= 11 is 0. The van der Waals surface area contributed by atoms with Gasteiger partial charge in [0.1, 0.15) is 0 Å². The molecular formula is C12H27NO. The van der Waals surface area contributed by atoms with Gasteiger partial charge in [-0.15, -0.1) is 0 Å². The van der Waals surface area contributed by atoms with E-state index in [1.54, 1.807) is 0 Å². The van der Waals surface area contributed by atoms with Crippen molar-refractivity contribution in [3.05, 3.63) is 0 Å². The van der Waals surface area contributed by atoms with Crippen molar-refractivity contribution in [2.45, 2.75) is 46.5 Å². The minimum Gasteiger partial charge on any atom is -0.396 e. The second kappa shape index (κ2) is 9.47. The Morgan fingerprint density at radius 2 is 1.71 bits per heavy atom. The Kier molecular flexibility index (Phi) is 9.42. The Morgan fingerprint density at radius 3 is 2.14 bits per heavy atom. The molecule has 0 aromatic carbocycles. The van der Waals surface area contributed by atoms with Crippen LogP contribution in [0, 0.1) is 5.92 Å². The molecule has 2 nitrogen and oxygen atoms in total. The predicted molar refractivity (Wildman–Crippen MR) is 62.5 cm³/mol. The fraction of sp³-hybridized carbons (Fsp3) is 1.00. The summed E-state index contributed by atoms with van der Waals surface area (Å²) < 4.78 is 0. The largest absolute Gasteiger partial charge is 0.396 e. The molecule has 0 saturated heterocycles. The predicted octanol–water partition coefficient (Wildman–Crippen LogP) is 2.52. The van der Waals surface area contributed by atoms with E-state index in [0.29, 0.717) is 6.61 Å². The summed E-state index contributed by atoms with van der Waals surface area (Å²) in [6.45, 7) is 10.5. The Bertz CT molecular complexity index is 113. The van der Waals surface area contributed by atoms with Gasteiger partial charge in [-0.05, 0) is 44.8 Å². The highest BCUT2D eigenvalue weighted by molar-refractivity contribution is 4.59. The van der Waals surface area contributed by atoms with Crippen LogP contribution in [-0.2, 0) is 0 Å². The molecule has 0 aliphatic rings. The lowest BCUT2D eigenvalue weighted by molar-refractivity contribution is 0.237. The first-order valence-corrected chi connectivity index (χ1v) is 6.11. The molecule has 0 rings (SSSR count). The summed E-state index contributed by atoms with van der Waals surface area (Å²) in [6, 6.07) is 0. The molecule has 0 fully saturated rings. The first-order valence-electron chi connectivity index (χ1n) is 6.11. The molecule has 0 amide bonds. The molecule has 0 unspecified atom stereocenters. The zero-order chi connectivity index (χ0) is 10.8. The maximum atomic E-state index is 8.86. The number of hydrogen-bond acceptors (Lipinski definition) is 2. The number of rotatable bonds is 9. The van der Waals surface area contributed by atoms with Crippen LogP contribution < -0.4 is 0 Å². The average molecular weight is 201 g/mol. The Morgan fingerprint density at radius 1 is 1.07 bits per heavy atom. The third kappa shape index (κ3) is 6.39. The van der Waals surface area contributed by atoms with E-state index in [4.69, 9.17) is 5.11 Å². The van der Waals surface area contributed by atoms with Crippen LogP contribution in [0.4, 0.5) is 0 Å². The van der Waals surface area contributed by atoms with Crippen LogP contribution in [0.3, 0.4) is 0 Å². The topological polar surface area (TPSA) is 23.5 Å². The second-order valence-corrected chi connectivity index (χ2v) is 3.96. The Labute approximate surface area is 89.3 Å². The summed E-state index contributed by atoms with van der Waals surface area (Å²) in [6.07, 6.45) is 4.74. The fourth-order valence-corrected chi connectivity index (χ4v) is 1.88. The lowest BCUT2D eigenvalue weighted by Crippen LogP contribution is -2.24. The van der Waals surface area contributed by atoms with E-state index in [1.165, 1.54) is 25.8 Å². The van der Waals surface area contributed by atoms with Crippen molar-refractivity contribution in [3.63, 3.8) is 0 Å². The van der Waals surface area contributed by atoms with Crippen molar-refractivity contribution < 1.29 is 5.11 Å². The van der Waals surface area contributed by atoms with E-state index in [9.17, 15) is 0 Å². The van der Waals surface area contributed by atoms with Crippen molar-refractivity contribution in [1.29, 1.82) is 0 Å². The summed E-state index contributed by atoms with van der Waals surface area (Å²) in [4.78, 5) is 2.46. The van der Waals surface area contributed by atoms with Gasteiger partial charge in [0.25, 0.3) is 0 Å². The van der Waals surface area contributed by atoms with E-state index < -0.39 is 0 Å². The quantitative estimate of drug-likeness (QED) is 0.619. The molecule has 0 bridgehead atoms. The first kappa shape index (κ1) is 13.9. The van der Waals surface area contributed by atoms with Gasteiger partial charge in [-0.25, -0.2) is 0 Å². The van der Waals surface area contributed by atoms with E-state index >= 15 is 0 Å². The molecule has 0 heterocycles. The van der Waals surface area contributed by atoms with Gasteiger partial charge >= 0.3 is 0 Å². The molecule has 0 radical (unpaired) electrons. The zero-order valence-corrected chi connectivity index (χ0v) is 10.1. The Hall–Kier alpha value is -0.0800. The highest BCUT2D eigenvalue weighted by Crippen LogP contribution is 2.14. The van der Waals surface area contributed by atoms with Crippen molar-refractivity contribution in [1.82, 2.24) is 4.90 Å². The summed E-state index contributed by atoms with van der Waals surface area (Å²) in [5.74, 6) is 0.732. The van der Waals surface area contributed by atoms with Crippen molar-refractivity contribution in [3.8, 4) is 0 Å². The van der Waals surface area contributed by atoms with Crippen LogP contribution >= 0.6 is 0 Å². The van der Waals surface area contributed by atoms with Crippen molar-refractivity contribution >= 4 is 0 Å². The average Bonchev–Trinajstić information content (AvgIpc) is 2.23. The molecule has 0 aromatic rings. The van der Waals surface area contributed by atoms with Gasteiger partial charge in [0.2, 0.25) is 0 Å². The van der Waals surface area contributed by atoms with Gasteiger partial charge in [0.15, 0.2) is 0 Å². The maximum Gasteiger partial charge on any atom is 0.0433 e. The molecule has 0 aliphatic heterocycles. The van der Waals surface area contributed by atoms with Gasteiger partial charge in [-0.2, -0.15) is 0 Å². The lowest BCUT2D eigenvalue weighted by atomic mass is 9.97. The minimum atomic E-state index is 0.351. The number of aliphatic hydroxyl groups is 1. The summed E-state index contributed by atoms with van der Waals surface area (Å²) in [5.41, 5.74) is 0. The third-order valence-corrected chi connectivity index (χ3v) is 3.10. The molecule has 1 N–H and O–H groups in total. The molecule has 1 atom stereocenters. The van der Waals surface area contributed by atoms with Crippen LogP contribution in [-0.4, -0.2) is 36.2 Å². The molecule has 0 aromatic heterocycles. The van der Waals surface area contributed by atoms with E-state index in [2.05, 4.69) is 25.7 Å². The molecule has 0 spiro atoms. The number of aliphatic hydroxyl groups excluding tert-OH is 1.